The minimum atomic E-state index is -0.471. The lowest BCUT2D eigenvalue weighted by atomic mass is 9.87. The highest BCUT2D eigenvalue weighted by molar-refractivity contribution is 6.07. The van der Waals surface area contributed by atoms with Gasteiger partial charge in [0.15, 0.2) is 17.3 Å². The molecule has 0 spiro atoms. The molecule has 5 rings (SSSR count). The van der Waals surface area contributed by atoms with Gasteiger partial charge in [-0.2, -0.15) is 0 Å². The predicted octanol–water partition coefficient (Wildman–Crippen LogP) is 3.53. The molecule has 0 saturated heterocycles. The third-order valence-electron chi connectivity index (χ3n) is 4.64. The van der Waals surface area contributed by atoms with Crippen LogP contribution in [0.5, 0.6) is 23.0 Å². The molecule has 3 aromatic rings. The number of hydrogen-bond acceptors (Lipinski definition) is 6. The first kappa shape index (κ1) is 14.2. The summed E-state index contributed by atoms with van der Waals surface area (Å²) in [5.41, 5.74) is 1.98. The van der Waals surface area contributed by atoms with Crippen LogP contribution >= 0.6 is 0 Å². The Labute approximate surface area is 142 Å². The Morgan fingerprint density at radius 3 is 2.72 bits per heavy atom. The van der Waals surface area contributed by atoms with Gasteiger partial charge < -0.3 is 23.4 Å². The van der Waals surface area contributed by atoms with E-state index in [9.17, 15) is 4.79 Å². The minimum Gasteiger partial charge on any atom is -0.496 e. The summed E-state index contributed by atoms with van der Waals surface area (Å²) in [6.45, 7) is 0.395. The predicted molar refractivity (Wildman–Crippen MR) is 87.9 cm³/mol. The van der Waals surface area contributed by atoms with E-state index in [0.717, 1.165) is 10.9 Å². The van der Waals surface area contributed by atoms with Gasteiger partial charge in [0, 0.05) is 23.1 Å². The number of fused-ring (bicyclic) bond motifs is 3. The fourth-order valence-electron chi connectivity index (χ4n) is 3.36. The second kappa shape index (κ2) is 5.17. The van der Waals surface area contributed by atoms with Crippen molar-refractivity contribution in [1.82, 2.24) is 0 Å². The molecule has 0 amide bonds. The Bertz CT molecular complexity index is 1000. The standard InChI is InChI=1S/C19H14O6/c1-21-15-7-18-17(24-9-25-18)5-11(15)13-8-23-16-6-14-10(2-3-22-14)4-12(16)19(13)20/h2-7,13H,8-9H2,1H3. The van der Waals surface area contributed by atoms with Crippen LogP contribution in [0.3, 0.4) is 0 Å². The molecule has 2 aromatic carbocycles. The van der Waals surface area contributed by atoms with Crippen molar-refractivity contribution in [3.05, 3.63) is 47.7 Å². The fraction of sp³-hybridized carbons (Fsp3) is 0.211. The molecule has 25 heavy (non-hydrogen) atoms. The molecule has 3 heterocycles. The Morgan fingerprint density at radius 2 is 1.88 bits per heavy atom. The van der Waals surface area contributed by atoms with Crippen molar-refractivity contribution in [2.45, 2.75) is 5.92 Å². The van der Waals surface area contributed by atoms with Gasteiger partial charge in [-0.05, 0) is 18.2 Å². The van der Waals surface area contributed by atoms with E-state index in [1.54, 1.807) is 31.6 Å². The van der Waals surface area contributed by atoms with Crippen molar-refractivity contribution in [1.29, 1.82) is 0 Å². The molecule has 126 valence electrons. The van der Waals surface area contributed by atoms with Gasteiger partial charge in [0.05, 0.1) is 24.9 Å². The molecule has 6 nitrogen and oxygen atoms in total. The summed E-state index contributed by atoms with van der Waals surface area (Å²) in [7, 11) is 1.57. The number of Topliss-reactive ketones (excluding diaryl/α,β-unsaturated/α-hetero) is 1. The zero-order valence-electron chi connectivity index (χ0n) is 13.4. The molecule has 1 atom stereocenters. The normalized spacial score (nSPS) is 18.1. The number of rotatable bonds is 2. The quantitative estimate of drug-likeness (QED) is 0.712. The van der Waals surface area contributed by atoms with Gasteiger partial charge in [0.1, 0.15) is 23.7 Å². The topological polar surface area (TPSA) is 67.1 Å². The highest BCUT2D eigenvalue weighted by Gasteiger charge is 2.34. The summed E-state index contributed by atoms with van der Waals surface area (Å²) < 4.78 is 27.5. The van der Waals surface area contributed by atoms with Gasteiger partial charge in [0.25, 0.3) is 0 Å². The molecule has 1 aromatic heterocycles. The molecule has 0 radical (unpaired) electrons. The Morgan fingerprint density at radius 1 is 1.04 bits per heavy atom. The smallest absolute Gasteiger partial charge is 0.231 e. The third-order valence-corrected chi connectivity index (χ3v) is 4.64. The van der Waals surface area contributed by atoms with E-state index in [1.807, 2.05) is 12.1 Å². The summed E-state index contributed by atoms with van der Waals surface area (Å²) in [5, 5.41) is 0.869. The number of carbonyl (C=O) groups is 1. The second-order valence-electron chi connectivity index (χ2n) is 5.98. The SMILES string of the molecule is COc1cc2c(cc1C1COc3cc4occc4cc3C1=O)OCO2. The van der Waals surface area contributed by atoms with E-state index in [-0.39, 0.29) is 19.2 Å². The molecule has 1 unspecified atom stereocenters. The van der Waals surface area contributed by atoms with Gasteiger partial charge in [0.2, 0.25) is 6.79 Å². The zero-order valence-corrected chi connectivity index (χ0v) is 13.4. The average Bonchev–Trinajstić information content (AvgIpc) is 3.27. The highest BCUT2D eigenvalue weighted by Crippen LogP contribution is 2.44. The summed E-state index contributed by atoms with van der Waals surface area (Å²) in [6, 6.07) is 8.94. The van der Waals surface area contributed by atoms with Crippen molar-refractivity contribution in [3.8, 4) is 23.0 Å². The van der Waals surface area contributed by atoms with Crippen LogP contribution in [0.4, 0.5) is 0 Å². The maximum Gasteiger partial charge on any atom is 0.231 e. The van der Waals surface area contributed by atoms with E-state index in [0.29, 0.717) is 34.1 Å². The first-order valence-corrected chi connectivity index (χ1v) is 7.90. The number of ether oxygens (including phenoxy) is 4. The maximum absolute atomic E-state index is 13.1. The number of benzene rings is 2. The lowest BCUT2D eigenvalue weighted by Gasteiger charge is -2.25. The largest absolute Gasteiger partial charge is 0.496 e. The van der Waals surface area contributed by atoms with Gasteiger partial charge in [-0.25, -0.2) is 0 Å². The van der Waals surface area contributed by atoms with Crippen LogP contribution in [-0.2, 0) is 0 Å². The van der Waals surface area contributed by atoms with Crippen LogP contribution in [0.25, 0.3) is 11.0 Å². The van der Waals surface area contributed by atoms with E-state index in [4.69, 9.17) is 23.4 Å². The number of furan rings is 1. The van der Waals surface area contributed by atoms with E-state index in [1.165, 1.54) is 0 Å². The van der Waals surface area contributed by atoms with Gasteiger partial charge in [-0.1, -0.05) is 0 Å². The summed E-state index contributed by atoms with van der Waals surface area (Å²) in [4.78, 5) is 13.1. The first-order chi connectivity index (χ1) is 12.2. The molecule has 0 N–H and O–H groups in total. The molecule has 2 aliphatic rings. The zero-order chi connectivity index (χ0) is 17.0. The molecule has 0 fully saturated rings. The Balaban J connectivity index is 1.61. The summed E-state index contributed by atoms with van der Waals surface area (Å²) in [5.74, 6) is 1.87. The number of ketones is 1. The Hall–Kier alpha value is -3.15. The van der Waals surface area contributed by atoms with Crippen LogP contribution < -0.4 is 18.9 Å². The van der Waals surface area contributed by atoms with Crippen molar-refractivity contribution < 1.29 is 28.2 Å². The van der Waals surface area contributed by atoms with E-state index >= 15 is 0 Å². The Kier molecular flexibility index (Phi) is 2.94. The molecule has 0 bridgehead atoms. The van der Waals surface area contributed by atoms with Crippen LogP contribution in [0.1, 0.15) is 21.8 Å². The van der Waals surface area contributed by atoms with Crippen molar-refractivity contribution in [2.75, 3.05) is 20.5 Å². The monoisotopic (exact) mass is 338 g/mol. The summed E-state index contributed by atoms with van der Waals surface area (Å²) >= 11 is 0. The molecular weight excluding hydrogens is 324 g/mol. The van der Waals surface area contributed by atoms with Gasteiger partial charge in [-0.15, -0.1) is 0 Å². The lowest BCUT2D eigenvalue weighted by Crippen LogP contribution is -2.26. The lowest BCUT2D eigenvalue weighted by molar-refractivity contribution is 0.0894. The molecular formula is C19H14O6. The number of hydrogen-bond donors (Lipinski definition) is 0. The van der Waals surface area contributed by atoms with Gasteiger partial charge in [-0.3, -0.25) is 4.79 Å². The molecule has 6 heteroatoms. The van der Waals surface area contributed by atoms with Gasteiger partial charge >= 0.3 is 0 Å². The van der Waals surface area contributed by atoms with Crippen LogP contribution in [-0.4, -0.2) is 26.3 Å². The number of carbonyl (C=O) groups excluding carboxylic acids is 1. The summed E-state index contributed by atoms with van der Waals surface area (Å²) in [6.07, 6.45) is 1.60. The van der Waals surface area contributed by atoms with Crippen molar-refractivity contribution in [3.63, 3.8) is 0 Å². The maximum atomic E-state index is 13.1. The molecule has 0 saturated carbocycles. The molecule has 2 aliphatic heterocycles. The first-order valence-electron chi connectivity index (χ1n) is 7.90. The molecule has 0 aliphatic carbocycles. The fourth-order valence-corrected chi connectivity index (χ4v) is 3.36. The van der Waals surface area contributed by atoms with E-state index < -0.39 is 5.92 Å². The third kappa shape index (κ3) is 2.07. The van der Waals surface area contributed by atoms with Crippen LogP contribution in [0, 0.1) is 0 Å². The van der Waals surface area contributed by atoms with E-state index in [2.05, 4.69) is 0 Å². The average molecular weight is 338 g/mol. The second-order valence-corrected chi connectivity index (χ2v) is 5.98. The highest BCUT2D eigenvalue weighted by atomic mass is 16.7. The van der Waals surface area contributed by atoms with Crippen LogP contribution in [0.15, 0.2) is 41.0 Å². The number of methoxy groups -OCH3 is 1. The minimum absolute atomic E-state index is 0.0125. The van der Waals surface area contributed by atoms with Crippen LogP contribution in [0.2, 0.25) is 0 Å². The van der Waals surface area contributed by atoms with Crippen molar-refractivity contribution in [2.24, 2.45) is 0 Å². The van der Waals surface area contributed by atoms with Crippen molar-refractivity contribution >= 4 is 16.8 Å².